The molecule has 17 heteroatoms. The summed E-state index contributed by atoms with van der Waals surface area (Å²) in [6.45, 7) is 2.57. The number of ether oxygens (including phenoxy) is 1. The van der Waals surface area contributed by atoms with E-state index in [1.54, 1.807) is 6.07 Å². The average molecular weight is 669 g/mol. The number of amides is 1. The molecular weight excluding hydrogens is 644 g/mol. The Kier molecular flexibility index (Phi) is 9.73. The van der Waals surface area contributed by atoms with Gasteiger partial charge in [0.25, 0.3) is 5.91 Å². The molecule has 2 atom stereocenters. The fourth-order valence-corrected chi connectivity index (χ4v) is 4.82. The number of nitriles is 1. The minimum Gasteiger partial charge on any atom is -0.467 e. The Morgan fingerprint density at radius 1 is 1.09 bits per heavy atom. The molecule has 0 fully saturated rings. The minimum absolute atomic E-state index is 0.0339. The molecule has 0 aliphatic rings. The van der Waals surface area contributed by atoms with Gasteiger partial charge in [0, 0.05) is 35.8 Å². The van der Waals surface area contributed by atoms with Crippen molar-refractivity contribution in [3.63, 3.8) is 0 Å². The van der Waals surface area contributed by atoms with Gasteiger partial charge in [0.1, 0.15) is 41.0 Å². The third-order valence-electron chi connectivity index (χ3n) is 7.15. The number of methoxy groups -OCH3 is 1. The second-order valence-corrected chi connectivity index (χ2v) is 10.2. The number of nitrogens with zero attached hydrogens (tertiary/aromatic N) is 4. The molecule has 1 aromatic carbocycles. The number of hydrogen-bond acceptors (Lipinski definition) is 7. The summed E-state index contributed by atoms with van der Waals surface area (Å²) in [5.41, 5.74) is -3.64. The van der Waals surface area contributed by atoms with Crippen molar-refractivity contribution in [3.8, 4) is 17.3 Å². The summed E-state index contributed by atoms with van der Waals surface area (Å²) in [6.07, 6.45) is -7.87. The van der Waals surface area contributed by atoms with E-state index in [1.807, 2.05) is 5.32 Å². The first kappa shape index (κ1) is 34.6. The Hall–Kier alpha value is -5.27. The molecule has 4 aromatic rings. The molecule has 0 aliphatic carbocycles. The molecule has 3 heterocycles. The quantitative estimate of drug-likeness (QED) is 0.162. The first-order chi connectivity index (χ1) is 22.0. The molecule has 4 rings (SSSR count). The molecule has 0 aliphatic heterocycles. The molecule has 47 heavy (non-hydrogen) atoms. The predicted octanol–water partition coefficient (Wildman–Crippen LogP) is 6.14. The minimum atomic E-state index is -4.89. The summed E-state index contributed by atoms with van der Waals surface area (Å²) in [5.74, 6) is -5.53. The summed E-state index contributed by atoms with van der Waals surface area (Å²) in [6, 6.07) is 2.18. The maximum Gasteiger partial charge on any atom is 0.418 e. The lowest BCUT2D eigenvalue weighted by molar-refractivity contribution is -0.143. The van der Waals surface area contributed by atoms with Crippen molar-refractivity contribution in [2.24, 2.45) is 0 Å². The molecule has 0 radical (unpaired) electrons. The van der Waals surface area contributed by atoms with Crippen molar-refractivity contribution < 1.29 is 49.4 Å². The number of imidazole rings is 1. The predicted molar refractivity (Wildman–Crippen MR) is 150 cm³/mol. The molecule has 0 saturated heterocycles. The van der Waals surface area contributed by atoms with Crippen LogP contribution >= 0.6 is 0 Å². The number of carbonyl (C=O) groups is 2. The number of benzene rings is 1. The first-order valence-electron chi connectivity index (χ1n) is 13.6. The molecule has 0 saturated carbocycles. The second kappa shape index (κ2) is 13.2. The van der Waals surface area contributed by atoms with Crippen molar-refractivity contribution in [1.82, 2.24) is 19.7 Å². The first-order valence-corrected chi connectivity index (χ1v) is 13.6. The molecular formula is C30H24F8N6O3. The monoisotopic (exact) mass is 668 g/mol. The van der Waals surface area contributed by atoms with Crippen LogP contribution in [0, 0.1) is 29.9 Å². The third-order valence-corrected chi connectivity index (χ3v) is 7.15. The van der Waals surface area contributed by atoms with Gasteiger partial charge >= 0.3 is 18.3 Å². The van der Waals surface area contributed by atoms with E-state index in [0.717, 1.165) is 7.11 Å². The Morgan fingerprint density at radius 3 is 2.30 bits per heavy atom. The summed E-state index contributed by atoms with van der Waals surface area (Å²) in [7, 11) is 0.974. The van der Waals surface area contributed by atoms with E-state index in [1.165, 1.54) is 42.8 Å². The van der Waals surface area contributed by atoms with E-state index >= 15 is 0 Å². The molecule has 2 N–H and O–H groups in total. The van der Waals surface area contributed by atoms with Gasteiger partial charge in [-0.3, -0.25) is 9.78 Å². The van der Waals surface area contributed by atoms with Gasteiger partial charge in [0.15, 0.2) is 0 Å². The van der Waals surface area contributed by atoms with Gasteiger partial charge < -0.3 is 19.8 Å². The van der Waals surface area contributed by atoms with Crippen LogP contribution in [0.3, 0.4) is 0 Å². The van der Waals surface area contributed by atoms with Crippen LogP contribution in [-0.4, -0.2) is 51.6 Å². The van der Waals surface area contributed by atoms with Crippen molar-refractivity contribution in [1.29, 1.82) is 5.26 Å². The van der Waals surface area contributed by atoms with Crippen molar-refractivity contribution in [2.75, 3.05) is 12.4 Å². The highest BCUT2D eigenvalue weighted by atomic mass is 19.4. The van der Waals surface area contributed by atoms with E-state index in [4.69, 9.17) is 4.74 Å². The fraction of sp³-hybridized carbons (Fsp3) is 0.300. The van der Waals surface area contributed by atoms with Gasteiger partial charge in [-0.2, -0.15) is 31.6 Å². The molecule has 0 spiro atoms. The number of aryl methyl sites for hydroxylation is 1. The number of nitrogens with one attached hydrogen (secondary N) is 2. The number of carbonyl (C=O) groups excluding carboxylic acids is 2. The van der Waals surface area contributed by atoms with Gasteiger partial charge in [-0.1, -0.05) is 6.92 Å². The van der Waals surface area contributed by atoms with Gasteiger partial charge in [-0.05, 0) is 43.7 Å². The standard InChI is InChI=1S/C30H24F8N6O3/c1-4-23(30(36,37)38)42-16-10-20(31)24(21(32)11-16)27(45)43-22(28(46)47-3)12-17-5-6-18(26-40-7-8-44(17)26)25-19(29(33,34)35)9-15(13-39)14(2)41-25/h5-11,22-23,42H,4,12H2,1-3H3,(H,43,45)/t22-,23+/m0/s1. The van der Waals surface area contributed by atoms with E-state index in [-0.39, 0.29) is 28.2 Å². The zero-order valence-electron chi connectivity index (χ0n) is 24.6. The number of esters is 1. The van der Waals surface area contributed by atoms with Crippen molar-refractivity contribution >= 4 is 23.2 Å². The highest BCUT2D eigenvalue weighted by Gasteiger charge is 2.39. The van der Waals surface area contributed by atoms with E-state index in [2.05, 4.69) is 15.3 Å². The van der Waals surface area contributed by atoms with Gasteiger partial charge in [0.05, 0.1) is 29.6 Å². The summed E-state index contributed by atoms with van der Waals surface area (Å²) >= 11 is 0. The molecule has 9 nitrogen and oxygen atoms in total. The van der Waals surface area contributed by atoms with Crippen LogP contribution in [-0.2, 0) is 22.1 Å². The smallest absolute Gasteiger partial charge is 0.418 e. The molecule has 3 aromatic heterocycles. The number of rotatable bonds is 9. The van der Waals surface area contributed by atoms with Crippen LogP contribution < -0.4 is 10.6 Å². The maximum atomic E-state index is 14.9. The van der Waals surface area contributed by atoms with Crippen LogP contribution in [0.1, 0.15) is 46.2 Å². The lowest BCUT2D eigenvalue weighted by atomic mass is 10.0. The summed E-state index contributed by atoms with van der Waals surface area (Å²) in [4.78, 5) is 33.7. The van der Waals surface area contributed by atoms with Crippen LogP contribution in [0.25, 0.3) is 16.9 Å². The van der Waals surface area contributed by atoms with Crippen molar-refractivity contribution in [2.45, 2.75) is 51.1 Å². The van der Waals surface area contributed by atoms with E-state index in [0.29, 0.717) is 18.2 Å². The largest absolute Gasteiger partial charge is 0.467 e. The van der Waals surface area contributed by atoms with Gasteiger partial charge in [-0.15, -0.1) is 0 Å². The van der Waals surface area contributed by atoms with Crippen LogP contribution in [0.5, 0.6) is 0 Å². The van der Waals surface area contributed by atoms with E-state index < -0.39 is 83.3 Å². The molecule has 0 bridgehead atoms. The topological polar surface area (TPSA) is 121 Å². The van der Waals surface area contributed by atoms with E-state index in [9.17, 15) is 50.0 Å². The summed E-state index contributed by atoms with van der Waals surface area (Å²) in [5, 5.41) is 13.3. The Labute approximate surface area is 261 Å². The SMILES string of the molecule is CC[C@@H](Nc1cc(F)c(C(=O)N[C@@H](Cc2ccc(-c3nc(C)c(C#N)cc3C(F)(F)F)c3nccn23)C(=O)OC)c(F)c1)C(F)(F)F. The number of aromatic nitrogens is 3. The Balaban J connectivity index is 1.68. The number of pyridine rings is 2. The zero-order chi connectivity index (χ0) is 34.8. The zero-order valence-corrected chi connectivity index (χ0v) is 24.6. The third kappa shape index (κ3) is 7.26. The molecule has 0 unspecified atom stereocenters. The number of hydrogen-bond donors (Lipinski definition) is 2. The lowest BCUT2D eigenvalue weighted by Gasteiger charge is -2.22. The number of anilines is 1. The number of alkyl halides is 6. The maximum absolute atomic E-state index is 14.9. The van der Waals surface area contributed by atoms with Crippen molar-refractivity contribution in [3.05, 3.63) is 82.4 Å². The highest BCUT2D eigenvalue weighted by molar-refractivity contribution is 5.97. The van der Waals surface area contributed by atoms with Crippen LogP contribution in [0.15, 0.2) is 42.7 Å². The Bertz CT molecular complexity index is 1860. The fourth-order valence-electron chi connectivity index (χ4n) is 4.82. The second-order valence-electron chi connectivity index (χ2n) is 10.2. The Morgan fingerprint density at radius 2 is 1.74 bits per heavy atom. The molecule has 248 valence electrons. The number of halogens is 8. The van der Waals surface area contributed by atoms with Gasteiger partial charge in [-0.25, -0.2) is 18.6 Å². The number of fused-ring (bicyclic) bond motifs is 1. The van der Waals surface area contributed by atoms with Crippen LogP contribution in [0.2, 0.25) is 0 Å². The highest BCUT2D eigenvalue weighted by Crippen LogP contribution is 2.38. The van der Waals surface area contributed by atoms with Gasteiger partial charge in [0.2, 0.25) is 0 Å². The normalized spacial score (nSPS) is 13.1. The molecule has 1 amide bonds. The summed E-state index contributed by atoms with van der Waals surface area (Å²) < 4.78 is 117. The average Bonchev–Trinajstić information content (AvgIpc) is 3.48. The van der Waals surface area contributed by atoms with Crippen LogP contribution in [0.4, 0.5) is 40.8 Å². The lowest BCUT2D eigenvalue weighted by Crippen LogP contribution is -2.44.